The van der Waals surface area contributed by atoms with Gasteiger partial charge >= 0.3 is 0 Å². The Morgan fingerprint density at radius 2 is 1.95 bits per heavy atom. The maximum atomic E-state index is 12.2. The molecule has 0 radical (unpaired) electrons. The largest absolute Gasteiger partial charge is 0.337 e. The first kappa shape index (κ1) is 16.2. The summed E-state index contributed by atoms with van der Waals surface area (Å²) in [4.78, 5) is 26.8. The van der Waals surface area contributed by atoms with Gasteiger partial charge in [0.2, 0.25) is 5.91 Å². The molecule has 6 nitrogen and oxygen atoms in total. The van der Waals surface area contributed by atoms with Crippen LogP contribution < -0.4 is 0 Å². The van der Waals surface area contributed by atoms with E-state index in [1.165, 1.54) is 18.2 Å². The number of rotatable bonds is 5. The first-order chi connectivity index (χ1) is 10.6. The zero-order chi connectivity index (χ0) is 15.9. The van der Waals surface area contributed by atoms with E-state index in [0.29, 0.717) is 18.7 Å². The minimum Gasteiger partial charge on any atom is -0.337 e. The molecule has 0 unspecified atom stereocenters. The molecular formula is C16H21N3O3. The zero-order valence-corrected chi connectivity index (χ0v) is 12.8. The molecule has 2 rings (SSSR count). The van der Waals surface area contributed by atoms with E-state index in [2.05, 4.69) is 11.8 Å². The summed E-state index contributed by atoms with van der Waals surface area (Å²) >= 11 is 0. The number of nitro benzene ring substituents is 1. The highest BCUT2D eigenvalue weighted by Crippen LogP contribution is 2.19. The van der Waals surface area contributed by atoms with Crippen LogP contribution >= 0.6 is 0 Å². The molecule has 1 heterocycles. The lowest BCUT2D eigenvalue weighted by Gasteiger charge is -2.34. The molecule has 0 saturated carbocycles. The van der Waals surface area contributed by atoms with Crippen LogP contribution in [0.2, 0.25) is 0 Å². The van der Waals surface area contributed by atoms with Crippen LogP contribution in [0.5, 0.6) is 0 Å². The van der Waals surface area contributed by atoms with E-state index in [9.17, 15) is 14.9 Å². The summed E-state index contributed by atoms with van der Waals surface area (Å²) in [6.45, 7) is 6.40. The number of hydrogen-bond donors (Lipinski definition) is 0. The summed E-state index contributed by atoms with van der Waals surface area (Å²) in [7, 11) is 0. The van der Waals surface area contributed by atoms with Gasteiger partial charge in [-0.15, -0.1) is 0 Å². The zero-order valence-electron chi connectivity index (χ0n) is 12.8. The van der Waals surface area contributed by atoms with Gasteiger partial charge in [-0.2, -0.15) is 0 Å². The van der Waals surface area contributed by atoms with Gasteiger partial charge in [-0.05, 0) is 25.1 Å². The molecule has 1 amide bonds. The average molecular weight is 303 g/mol. The van der Waals surface area contributed by atoms with Crippen LogP contribution in [-0.4, -0.2) is 53.4 Å². The summed E-state index contributed by atoms with van der Waals surface area (Å²) < 4.78 is 0. The van der Waals surface area contributed by atoms with Gasteiger partial charge in [0.1, 0.15) is 0 Å². The Kier molecular flexibility index (Phi) is 5.66. The Morgan fingerprint density at radius 1 is 1.27 bits per heavy atom. The minimum atomic E-state index is -0.437. The van der Waals surface area contributed by atoms with Gasteiger partial charge in [0.05, 0.1) is 10.5 Å². The van der Waals surface area contributed by atoms with Gasteiger partial charge in [-0.3, -0.25) is 19.8 Å². The Morgan fingerprint density at radius 3 is 2.59 bits per heavy atom. The molecule has 1 fully saturated rings. The number of carbonyl (C=O) groups is 1. The molecule has 1 aliphatic heterocycles. The molecule has 118 valence electrons. The molecule has 0 atom stereocenters. The van der Waals surface area contributed by atoms with Gasteiger partial charge in [-0.1, -0.05) is 19.1 Å². The quantitative estimate of drug-likeness (QED) is 0.475. The second-order valence-corrected chi connectivity index (χ2v) is 5.32. The number of nitrogens with zero attached hydrogens (tertiary/aromatic N) is 3. The SMILES string of the molecule is CCCN1CCN(C(=O)C=Cc2ccccc2[N+](=O)[O-])CC1. The second-order valence-electron chi connectivity index (χ2n) is 5.32. The van der Waals surface area contributed by atoms with E-state index < -0.39 is 4.92 Å². The second kappa shape index (κ2) is 7.70. The number of benzene rings is 1. The topological polar surface area (TPSA) is 66.7 Å². The molecule has 0 aliphatic carbocycles. The highest BCUT2D eigenvalue weighted by Gasteiger charge is 2.19. The van der Waals surface area contributed by atoms with Crippen LogP contribution in [-0.2, 0) is 4.79 Å². The number of amides is 1. The number of para-hydroxylation sites is 1. The molecule has 1 aromatic rings. The Labute approximate surface area is 130 Å². The summed E-state index contributed by atoms with van der Waals surface area (Å²) in [5, 5.41) is 10.9. The van der Waals surface area contributed by atoms with Gasteiger partial charge in [0.25, 0.3) is 5.69 Å². The molecule has 1 saturated heterocycles. The minimum absolute atomic E-state index is 0.0133. The lowest BCUT2D eigenvalue weighted by atomic mass is 10.1. The van der Waals surface area contributed by atoms with Crippen molar-refractivity contribution in [2.45, 2.75) is 13.3 Å². The molecule has 1 aromatic carbocycles. The molecule has 6 heteroatoms. The normalized spacial score (nSPS) is 16.1. The summed E-state index contributed by atoms with van der Waals surface area (Å²) in [5.41, 5.74) is 0.463. The smallest absolute Gasteiger partial charge is 0.276 e. The van der Waals surface area contributed by atoms with Crippen LogP contribution in [0.1, 0.15) is 18.9 Å². The lowest BCUT2D eigenvalue weighted by molar-refractivity contribution is -0.385. The number of carbonyl (C=O) groups excluding carboxylic acids is 1. The summed E-state index contributed by atoms with van der Waals surface area (Å²) in [5.74, 6) is -0.0886. The van der Waals surface area contributed by atoms with Crippen molar-refractivity contribution in [3.8, 4) is 0 Å². The third-order valence-electron chi connectivity index (χ3n) is 3.76. The maximum Gasteiger partial charge on any atom is 0.276 e. The third-order valence-corrected chi connectivity index (χ3v) is 3.76. The van der Waals surface area contributed by atoms with Gasteiger partial charge in [0, 0.05) is 38.3 Å². The van der Waals surface area contributed by atoms with Crippen LogP contribution in [0.4, 0.5) is 5.69 Å². The first-order valence-electron chi connectivity index (χ1n) is 7.54. The monoisotopic (exact) mass is 303 g/mol. The van der Waals surface area contributed by atoms with Crippen molar-refractivity contribution in [1.82, 2.24) is 9.80 Å². The molecular weight excluding hydrogens is 282 g/mol. The van der Waals surface area contributed by atoms with Crippen molar-refractivity contribution >= 4 is 17.7 Å². The van der Waals surface area contributed by atoms with E-state index in [-0.39, 0.29) is 11.6 Å². The van der Waals surface area contributed by atoms with Crippen molar-refractivity contribution in [2.75, 3.05) is 32.7 Å². The van der Waals surface area contributed by atoms with Crippen molar-refractivity contribution in [3.05, 3.63) is 46.0 Å². The van der Waals surface area contributed by atoms with Gasteiger partial charge in [-0.25, -0.2) is 0 Å². The van der Waals surface area contributed by atoms with Gasteiger partial charge in [0.15, 0.2) is 0 Å². The highest BCUT2D eigenvalue weighted by molar-refractivity contribution is 5.92. The number of hydrogen-bond acceptors (Lipinski definition) is 4. The Hall–Kier alpha value is -2.21. The van der Waals surface area contributed by atoms with E-state index in [1.54, 1.807) is 23.1 Å². The molecule has 0 N–H and O–H groups in total. The summed E-state index contributed by atoms with van der Waals surface area (Å²) in [6.07, 6.45) is 4.07. The Balaban J connectivity index is 1.97. The number of piperazine rings is 1. The van der Waals surface area contributed by atoms with Gasteiger partial charge < -0.3 is 4.90 Å². The van der Waals surface area contributed by atoms with Crippen LogP contribution in [0.15, 0.2) is 30.3 Å². The highest BCUT2D eigenvalue weighted by atomic mass is 16.6. The van der Waals surface area contributed by atoms with Crippen molar-refractivity contribution in [2.24, 2.45) is 0 Å². The van der Waals surface area contributed by atoms with Crippen molar-refractivity contribution < 1.29 is 9.72 Å². The molecule has 0 aromatic heterocycles. The fourth-order valence-electron chi connectivity index (χ4n) is 2.57. The molecule has 1 aliphatic rings. The van der Waals surface area contributed by atoms with Crippen LogP contribution in [0.3, 0.4) is 0 Å². The predicted octanol–water partition coefficient (Wildman–Crippen LogP) is 2.16. The fourth-order valence-corrected chi connectivity index (χ4v) is 2.57. The van der Waals surface area contributed by atoms with Crippen molar-refractivity contribution in [3.63, 3.8) is 0 Å². The predicted molar refractivity (Wildman–Crippen MR) is 85.4 cm³/mol. The standard InChI is InChI=1S/C16H21N3O3/c1-2-9-17-10-12-18(13-11-17)16(20)8-7-14-5-3-4-6-15(14)19(21)22/h3-8H,2,9-13H2,1H3. The summed E-state index contributed by atoms with van der Waals surface area (Å²) in [6, 6.07) is 6.42. The van der Waals surface area contributed by atoms with E-state index in [1.807, 2.05) is 0 Å². The molecule has 22 heavy (non-hydrogen) atoms. The van der Waals surface area contributed by atoms with Crippen LogP contribution in [0.25, 0.3) is 6.08 Å². The van der Waals surface area contributed by atoms with E-state index >= 15 is 0 Å². The average Bonchev–Trinajstić information content (AvgIpc) is 2.54. The lowest BCUT2D eigenvalue weighted by Crippen LogP contribution is -2.48. The number of nitro groups is 1. The maximum absolute atomic E-state index is 12.2. The van der Waals surface area contributed by atoms with E-state index in [4.69, 9.17) is 0 Å². The molecule has 0 spiro atoms. The third kappa shape index (κ3) is 4.14. The first-order valence-corrected chi connectivity index (χ1v) is 7.54. The fraction of sp³-hybridized carbons (Fsp3) is 0.438. The Bertz CT molecular complexity index is 564. The van der Waals surface area contributed by atoms with Crippen LogP contribution in [0, 0.1) is 10.1 Å². The van der Waals surface area contributed by atoms with Crippen molar-refractivity contribution in [1.29, 1.82) is 0 Å². The van der Waals surface area contributed by atoms with E-state index in [0.717, 1.165) is 26.1 Å². The molecule has 0 bridgehead atoms.